The van der Waals surface area contributed by atoms with Crippen molar-refractivity contribution < 1.29 is 68.8 Å². The molecule has 18 nitrogen and oxygen atoms in total. The molecule has 10 N–H and O–H groups in total. The number of carboxylic acid groups (broad SMARTS) is 1. The van der Waals surface area contributed by atoms with Gasteiger partial charge in [-0.25, -0.2) is 4.79 Å². The minimum atomic E-state index is -1.75. The average molecular weight is 749 g/mol. The van der Waals surface area contributed by atoms with Gasteiger partial charge in [0.2, 0.25) is 23.6 Å². The fourth-order valence-electron chi connectivity index (χ4n) is 6.35. The Morgan fingerprint density at radius 2 is 1.21 bits per heavy atom. The summed E-state index contributed by atoms with van der Waals surface area (Å²) in [6, 6.07) is -4.44. The highest BCUT2D eigenvalue weighted by molar-refractivity contribution is 5.88. The number of amides is 4. The second-order valence-corrected chi connectivity index (χ2v) is 13.5. The number of aliphatic hydroxyl groups is 5. The van der Waals surface area contributed by atoms with Crippen LogP contribution in [0.2, 0.25) is 0 Å². The van der Waals surface area contributed by atoms with E-state index in [-0.39, 0.29) is 6.42 Å². The SMILES string of the molecule is CCCCCCCCCCCCCC(=O)NC(CC(=O)N[C@@H]1O[C@H](CO)[C@@H](O[C@@H]2O[C@H](CO)[C@@H](O)[C@H](O)[C@H]2NC(C)=O)[C@H](O)[C@H]1NC(C)=O)C(=O)O. The fourth-order valence-corrected chi connectivity index (χ4v) is 6.35. The molecule has 2 heterocycles. The molecule has 0 bridgehead atoms. The molecule has 0 radical (unpaired) electrons. The van der Waals surface area contributed by atoms with Gasteiger partial charge in [0, 0.05) is 20.3 Å². The predicted molar refractivity (Wildman–Crippen MR) is 183 cm³/mol. The molecule has 0 spiro atoms. The van der Waals surface area contributed by atoms with Gasteiger partial charge < -0.3 is 66.1 Å². The van der Waals surface area contributed by atoms with Crippen LogP contribution in [0.5, 0.6) is 0 Å². The van der Waals surface area contributed by atoms with E-state index in [0.717, 1.165) is 39.5 Å². The van der Waals surface area contributed by atoms with E-state index >= 15 is 0 Å². The second kappa shape index (κ2) is 23.6. The van der Waals surface area contributed by atoms with Crippen LogP contribution in [0.3, 0.4) is 0 Å². The standard InChI is InChI=1S/C34H60N4O14/c1-4-5-6-7-8-9-10-11-12-13-14-15-24(43)37-21(33(48)49)16-25(44)38-32-26(35-19(2)41)30(47)31(23(18-40)50-32)52-34-27(36-20(3)42)29(46)28(45)22(17-39)51-34/h21-23,26-32,34,39-40,45-47H,4-18H2,1-3H3,(H,35,41)(H,36,42)(H,37,43)(H,38,44)(H,48,49)/t21?,22-,23-,26-,27-,28-,29-,30-,31-,32-,34+/m1/s1. The summed E-state index contributed by atoms with van der Waals surface area (Å²) in [7, 11) is 0. The van der Waals surface area contributed by atoms with E-state index in [9.17, 15) is 54.6 Å². The number of ether oxygens (including phenoxy) is 3. The number of unbranched alkanes of at least 4 members (excludes halogenated alkanes) is 10. The van der Waals surface area contributed by atoms with Gasteiger partial charge in [-0.3, -0.25) is 19.2 Å². The van der Waals surface area contributed by atoms with Gasteiger partial charge in [-0.2, -0.15) is 0 Å². The van der Waals surface area contributed by atoms with Gasteiger partial charge in [0.15, 0.2) is 12.5 Å². The number of carbonyl (C=O) groups excluding carboxylic acids is 4. The van der Waals surface area contributed by atoms with E-state index in [1.807, 2.05) is 0 Å². The molecule has 0 aromatic rings. The lowest BCUT2D eigenvalue weighted by molar-refractivity contribution is -0.315. The van der Waals surface area contributed by atoms with Gasteiger partial charge in [0.05, 0.1) is 19.6 Å². The zero-order valence-corrected chi connectivity index (χ0v) is 30.4. The molecule has 2 saturated heterocycles. The lowest BCUT2D eigenvalue weighted by atomic mass is 9.94. The summed E-state index contributed by atoms with van der Waals surface area (Å²) in [6.07, 6.45) is -1.17. The zero-order chi connectivity index (χ0) is 38.8. The largest absolute Gasteiger partial charge is 0.480 e. The Morgan fingerprint density at radius 1 is 0.673 bits per heavy atom. The summed E-state index contributed by atoms with van der Waals surface area (Å²) in [5, 5.41) is 71.3. The Kier molecular flexibility index (Phi) is 20.5. The first-order valence-corrected chi connectivity index (χ1v) is 18.3. The van der Waals surface area contributed by atoms with Gasteiger partial charge in [-0.05, 0) is 6.42 Å². The summed E-state index contributed by atoms with van der Waals surface area (Å²) in [6.45, 7) is 2.86. The van der Waals surface area contributed by atoms with E-state index in [1.165, 1.54) is 38.5 Å². The number of aliphatic carboxylic acids is 1. The molecule has 18 heteroatoms. The first-order chi connectivity index (χ1) is 24.7. The highest BCUT2D eigenvalue weighted by Gasteiger charge is 2.52. The second-order valence-electron chi connectivity index (χ2n) is 13.5. The van der Waals surface area contributed by atoms with Crippen molar-refractivity contribution >= 4 is 29.6 Å². The van der Waals surface area contributed by atoms with Gasteiger partial charge in [-0.1, -0.05) is 71.1 Å². The van der Waals surface area contributed by atoms with Gasteiger partial charge in [0.25, 0.3) is 0 Å². The molecule has 0 saturated carbocycles. The summed E-state index contributed by atoms with van der Waals surface area (Å²) in [4.78, 5) is 61.5. The van der Waals surface area contributed by atoms with E-state index < -0.39 is 116 Å². The van der Waals surface area contributed by atoms with Crippen LogP contribution < -0.4 is 21.3 Å². The van der Waals surface area contributed by atoms with E-state index in [0.29, 0.717) is 6.42 Å². The van der Waals surface area contributed by atoms with Crippen molar-refractivity contribution in [1.29, 1.82) is 0 Å². The maximum atomic E-state index is 13.1. The smallest absolute Gasteiger partial charge is 0.326 e. The molecule has 0 aliphatic carbocycles. The Hall–Kier alpha value is -2.97. The number of carboxylic acids is 1. The van der Waals surface area contributed by atoms with Crippen LogP contribution in [0.1, 0.15) is 104 Å². The molecule has 11 atom stereocenters. The van der Waals surface area contributed by atoms with E-state index in [2.05, 4.69) is 28.2 Å². The maximum absolute atomic E-state index is 13.1. The molecule has 4 amide bonds. The zero-order valence-electron chi connectivity index (χ0n) is 30.4. The molecule has 2 aliphatic rings. The minimum absolute atomic E-state index is 0.0903. The third-order valence-corrected chi connectivity index (χ3v) is 9.14. The van der Waals surface area contributed by atoms with Crippen LogP contribution in [-0.2, 0) is 38.2 Å². The monoisotopic (exact) mass is 748 g/mol. The third kappa shape index (κ3) is 14.8. The van der Waals surface area contributed by atoms with Crippen molar-refractivity contribution in [3.63, 3.8) is 0 Å². The van der Waals surface area contributed by atoms with Crippen LogP contribution in [0.4, 0.5) is 0 Å². The van der Waals surface area contributed by atoms with Crippen molar-refractivity contribution in [2.75, 3.05) is 13.2 Å². The fraction of sp³-hybridized carbons (Fsp3) is 0.853. The third-order valence-electron chi connectivity index (χ3n) is 9.14. The Bertz CT molecular complexity index is 1130. The first kappa shape index (κ1) is 45.2. The van der Waals surface area contributed by atoms with Gasteiger partial charge in [0.1, 0.15) is 54.7 Å². The number of nitrogens with one attached hydrogen (secondary N) is 4. The Morgan fingerprint density at radius 3 is 1.73 bits per heavy atom. The number of hydrogen-bond acceptors (Lipinski definition) is 13. The lowest BCUT2D eigenvalue weighted by Gasteiger charge is -2.48. The molecular weight excluding hydrogens is 688 g/mol. The van der Waals surface area contributed by atoms with Crippen LogP contribution in [0.15, 0.2) is 0 Å². The molecule has 2 fully saturated rings. The predicted octanol–water partition coefficient (Wildman–Crippen LogP) is -1.33. The summed E-state index contributed by atoms with van der Waals surface area (Å²) >= 11 is 0. The molecule has 300 valence electrons. The molecule has 0 aromatic heterocycles. The van der Waals surface area contributed by atoms with Crippen molar-refractivity contribution in [1.82, 2.24) is 21.3 Å². The summed E-state index contributed by atoms with van der Waals surface area (Å²) in [5.41, 5.74) is 0. The van der Waals surface area contributed by atoms with Crippen LogP contribution in [0.25, 0.3) is 0 Å². The van der Waals surface area contributed by atoms with Crippen molar-refractivity contribution in [2.45, 2.75) is 172 Å². The van der Waals surface area contributed by atoms with Crippen LogP contribution >= 0.6 is 0 Å². The van der Waals surface area contributed by atoms with Gasteiger partial charge in [-0.15, -0.1) is 0 Å². The van der Waals surface area contributed by atoms with E-state index in [1.54, 1.807) is 0 Å². The summed E-state index contributed by atoms with van der Waals surface area (Å²) < 4.78 is 17.2. The molecule has 2 aliphatic heterocycles. The Balaban J connectivity index is 2.00. The number of hydrogen-bond donors (Lipinski definition) is 10. The highest BCUT2D eigenvalue weighted by Crippen LogP contribution is 2.29. The molecular formula is C34H60N4O14. The van der Waals surface area contributed by atoms with Gasteiger partial charge >= 0.3 is 5.97 Å². The Labute approximate surface area is 304 Å². The molecule has 2 rings (SSSR count). The van der Waals surface area contributed by atoms with Crippen molar-refractivity contribution in [2.24, 2.45) is 0 Å². The van der Waals surface area contributed by atoms with Crippen LogP contribution in [0, 0.1) is 0 Å². The maximum Gasteiger partial charge on any atom is 0.326 e. The minimum Gasteiger partial charge on any atom is -0.480 e. The number of carbonyl (C=O) groups is 5. The average Bonchev–Trinajstić information content (AvgIpc) is 3.08. The van der Waals surface area contributed by atoms with Crippen molar-refractivity contribution in [3.05, 3.63) is 0 Å². The lowest BCUT2D eigenvalue weighted by Crippen LogP contribution is -2.71. The number of aliphatic hydroxyl groups excluding tert-OH is 5. The number of rotatable bonds is 23. The molecule has 0 aromatic carbocycles. The molecule has 1 unspecified atom stereocenters. The first-order valence-electron chi connectivity index (χ1n) is 18.3. The topological polar surface area (TPSA) is 283 Å². The van der Waals surface area contributed by atoms with Crippen LogP contribution in [-0.4, -0.2) is 141 Å². The summed E-state index contributed by atoms with van der Waals surface area (Å²) in [5.74, 6) is -4.22. The quantitative estimate of drug-likeness (QED) is 0.0543. The highest BCUT2D eigenvalue weighted by atomic mass is 16.7. The van der Waals surface area contributed by atoms with Crippen molar-refractivity contribution in [3.8, 4) is 0 Å². The van der Waals surface area contributed by atoms with E-state index in [4.69, 9.17) is 14.2 Å². The molecule has 52 heavy (non-hydrogen) atoms. The normalized spacial score (nSPS) is 29.5.